The molecule has 5 heteroatoms. The van der Waals surface area contributed by atoms with Crippen LogP contribution in [0.25, 0.3) is 0 Å². The van der Waals surface area contributed by atoms with E-state index in [9.17, 15) is 4.79 Å². The van der Waals surface area contributed by atoms with Crippen LogP contribution < -0.4 is 19.5 Å². The summed E-state index contributed by atoms with van der Waals surface area (Å²) in [5, 5.41) is 2.84. The fourth-order valence-electron chi connectivity index (χ4n) is 2.12. The van der Waals surface area contributed by atoms with Crippen molar-refractivity contribution >= 4 is 11.6 Å². The Bertz CT molecular complexity index is 657. The minimum absolute atomic E-state index is 0.216. The van der Waals surface area contributed by atoms with Crippen LogP contribution in [0.4, 0.5) is 5.69 Å². The van der Waals surface area contributed by atoms with Crippen LogP contribution in [0.3, 0.4) is 0 Å². The lowest BCUT2D eigenvalue weighted by atomic mass is 10.2. The minimum atomic E-state index is -0.613. The van der Waals surface area contributed by atoms with E-state index in [2.05, 4.69) is 5.32 Å². The van der Waals surface area contributed by atoms with Gasteiger partial charge in [-0.15, -0.1) is 0 Å². The lowest BCUT2D eigenvalue weighted by Crippen LogP contribution is -2.32. The maximum Gasteiger partial charge on any atom is 0.265 e. The summed E-state index contributed by atoms with van der Waals surface area (Å²) in [4.78, 5) is 12.4. The molecule has 0 aliphatic carbocycles. The summed E-state index contributed by atoms with van der Waals surface area (Å²) in [6.45, 7) is 1.89. The molecule has 2 aromatic carbocycles. The van der Waals surface area contributed by atoms with E-state index in [1.165, 1.54) is 0 Å². The highest BCUT2D eigenvalue weighted by Crippen LogP contribution is 2.27. The van der Waals surface area contributed by atoms with Crippen molar-refractivity contribution < 1.29 is 19.0 Å². The molecule has 0 unspecified atom stereocenters. The first kappa shape index (κ1) is 16.7. The van der Waals surface area contributed by atoms with Crippen molar-refractivity contribution in [3.63, 3.8) is 0 Å². The van der Waals surface area contributed by atoms with Gasteiger partial charge in [-0.3, -0.25) is 4.79 Å². The largest absolute Gasteiger partial charge is 0.497 e. The SMILES string of the molecule is CC[C@H](Oc1ccccc1OC)C(=O)Nc1cccc(OC)c1. The molecule has 0 fully saturated rings. The van der Waals surface area contributed by atoms with Crippen LogP contribution in [0.5, 0.6) is 17.2 Å². The third-order valence-corrected chi connectivity index (χ3v) is 3.34. The minimum Gasteiger partial charge on any atom is -0.497 e. The molecule has 1 N–H and O–H groups in total. The zero-order chi connectivity index (χ0) is 16.7. The number of nitrogens with one attached hydrogen (secondary N) is 1. The third kappa shape index (κ3) is 4.39. The molecule has 0 saturated heterocycles. The molecule has 0 saturated carbocycles. The van der Waals surface area contributed by atoms with Crippen LogP contribution in [0.2, 0.25) is 0 Å². The maximum atomic E-state index is 12.4. The Labute approximate surface area is 136 Å². The molecule has 23 heavy (non-hydrogen) atoms. The first-order valence-corrected chi connectivity index (χ1v) is 7.42. The smallest absolute Gasteiger partial charge is 0.265 e. The molecule has 1 amide bonds. The topological polar surface area (TPSA) is 56.8 Å². The average molecular weight is 315 g/mol. The van der Waals surface area contributed by atoms with E-state index >= 15 is 0 Å². The van der Waals surface area contributed by atoms with Gasteiger partial charge in [0, 0.05) is 11.8 Å². The van der Waals surface area contributed by atoms with E-state index in [0.29, 0.717) is 29.4 Å². The Morgan fingerprint density at radius 1 is 1.04 bits per heavy atom. The zero-order valence-electron chi connectivity index (χ0n) is 13.5. The van der Waals surface area contributed by atoms with Gasteiger partial charge in [-0.05, 0) is 30.7 Å². The quantitative estimate of drug-likeness (QED) is 0.849. The monoisotopic (exact) mass is 315 g/mol. The number of rotatable bonds is 7. The average Bonchev–Trinajstić information content (AvgIpc) is 2.60. The fourth-order valence-corrected chi connectivity index (χ4v) is 2.12. The first-order chi connectivity index (χ1) is 11.2. The van der Waals surface area contributed by atoms with Gasteiger partial charge in [-0.25, -0.2) is 0 Å². The van der Waals surface area contributed by atoms with E-state index in [4.69, 9.17) is 14.2 Å². The molecule has 0 aliphatic rings. The van der Waals surface area contributed by atoms with E-state index in [-0.39, 0.29) is 5.91 Å². The molecule has 2 rings (SSSR count). The van der Waals surface area contributed by atoms with Crippen molar-refractivity contribution in [2.45, 2.75) is 19.4 Å². The third-order valence-electron chi connectivity index (χ3n) is 3.34. The van der Waals surface area contributed by atoms with Crippen molar-refractivity contribution in [3.8, 4) is 17.2 Å². The Hall–Kier alpha value is -2.69. The molecule has 0 bridgehead atoms. The summed E-state index contributed by atoms with van der Waals surface area (Å²) in [6.07, 6.45) is -0.0779. The van der Waals surface area contributed by atoms with Gasteiger partial charge >= 0.3 is 0 Å². The Balaban J connectivity index is 2.09. The summed E-state index contributed by atoms with van der Waals surface area (Å²) in [6, 6.07) is 14.5. The normalized spacial score (nSPS) is 11.4. The summed E-state index contributed by atoms with van der Waals surface area (Å²) in [5.74, 6) is 1.61. The number of benzene rings is 2. The number of carbonyl (C=O) groups is 1. The summed E-state index contributed by atoms with van der Waals surface area (Å²) in [5.41, 5.74) is 0.663. The van der Waals surface area contributed by atoms with Gasteiger partial charge in [-0.2, -0.15) is 0 Å². The van der Waals surface area contributed by atoms with Crippen molar-refractivity contribution in [1.29, 1.82) is 0 Å². The second-order valence-electron chi connectivity index (χ2n) is 4.89. The Morgan fingerprint density at radius 3 is 2.43 bits per heavy atom. The van der Waals surface area contributed by atoms with E-state index < -0.39 is 6.10 Å². The predicted molar refractivity (Wildman–Crippen MR) is 89.3 cm³/mol. The van der Waals surface area contributed by atoms with Crippen LogP contribution in [0.15, 0.2) is 48.5 Å². The van der Waals surface area contributed by atoms with Crippen LogP contribution in [-0.4, -0.2) is 26.2 Å². The lowest BCUT2D eigenvalue weighted by Gasteiger charge is -2.19. The maximum absolute atomic E-state index is 12.4. The fraction of sp³-hybridized carbons (Fsp3) is 0.278. The summed E-state index contributed by atoms with van der Waals surface area (Å²) < 4.78 is 16.2. The van der Waals surface area contributed by atoms with Crippen LogP contribution in [0, 0.1) is 0 Å². The highest BCUT2D eigenvalue weighted by atomic mass is 16.5. The predicted octanol–water partition coefficient (Wildman–Crippen LogP) is 3.50. The molecule has 0 aliphatic heterocycles. The number of hydrogen-bond donors (Lipinski definition) is 1. The molecule has 1 atom stereocenters. The van der Waals surface area contributed by atoms with Crippen molar-refractivity contribution in [1.82, 2.24) is 0 Å². The number of amides is 1. The number of anilines is 1. The van der Waals surface area contributed by atoms with E-state index in [0.717, 1.165) is 0 Å². The number of methoxy groups -OCH3 is 2. The van der Waals surface area contributed by atoms with Crippen molar-refractivity contribution in [2.75, 3.05) is 19.5 Å². The van der Waals surface area contributed by atoms with Crippen LogP contribution in [0.1, 0.15) is 13.3 Å². The number of ether oxygens (including phenoxy) is 3. The zero-order valence-corrected chi connectivity index (χ0v) is 13.5. The molecule has 0 spiro atoms. The standard InChI is InChI=1S/C18H21NO4/c1-4-15(23-17-11-6-5-10-16(17)22-3)18(20)19-13-8-7-9-14(12-13)21-2/h5-12,15H,4H2,1-3H3,(H,19,20)/t15-/m0/s1. The number of carbonyl (C=O) groups excluding carboxylic acids is 1. The molecular weight excluding hydrogens is 294 g/mol. The molecule has 122 valence electrons. The molecule has 2 aromatic rings. The number of para-hydroxylation sites is 2. The first-order valence-electron chi connectivity index (χ1n) is 7.42. The molecule has 0 aromatic heterocycles. The van der Waals surface area contributed by atoms with Crippen molar-refractivity contribution in [2.24, 2.45) is 0 Å². The second-order valence-corrected chi connectivity index (χ2v) is 4.89. The molecule has 0 radical (unpaired) electrons. The Morgan fingerprint density at radius 2 is 1.78 bits per heavy atom. The second kappa shape index (κ2) is 8.08. The number of hydrogen-bond acceptors (Lipinski definition) is 4. The van der Waals surface area contributed by atoms with E-state index in [1.54, 1.807) is 38.5 Å². The van der Waals surface area contributed by atoms with Gasteiger partial charge < -0.3 is 19.5 Å². The highest BCUT2D eigenvalue weighted by Gasteiger charge is 2.20. The van der Waals surface area contributed by atoms with Crippen LogP contribution in [-0.2, 0) is 4.79 Å². The van der Waals surface area contributed by atoms with E-state index in [1.807, 2.05) is 31.2 Å². The summed E-state index contributed by atoms with van der Waals surface area (Å²) in [7, 11) is 3.15. The Kier molecular flexibility index (Phi) is 5.86. The molecule has 5 nitrogen and oxygen atoms in total. The molecule has 0 heterocycles. The van der Waals surface area contributed by atoms with Gasteiger partial charge in [0.2, 0.25) is 0 Å². The van der Waals surface area contributed by atoms with Gasteiger partial charge in [0.25, 0.3) is 5.91 Å². The van der Waals surface area contributed by atoms with Gasteiger partial charge in [-0.1, -0.05) is 25.1 Å². The van der Waals surface area contributed by atoms with Crippen molar-refractivity contribution in [3.05, 3.63) is 48.5 Å². The highest BCUT2D eigenvalue weighted by molar-refractivity contribution is 5.94. The summed E-state index contributed by atoms with van der Waals surface area (Å²) >= 11 is 0. The lowest BCUT2D eigenvalue weighted by molar-refractivity contribution is -0.122. The van der Waals surface area contributed by atoms with Gasteiger partial charge in [0.05, 0.1) is 14.2 Å². The van der Waals surface area contributed by atoms with Gasteiger partial charge in [0.1, 0.15) is 5.75 Å². The van der Waals surface area contributed by atoms with Crippen LogP contribution >= 0.6 is 0 Å². The molecular formula is C18H21NO4. The van der Waals surface area contributed by atoms with Gasteiger partial charge in [0.15, 0.2) is 17.6 Å².